The first-order valence-corrected chi connectivity index (χ1v) is 9.44. The smallest absolute Gasteiger partial charge is 0.222 e. The highest BCUT2D eigenvalue weighted by Gasteiger charge is 2.22. The van der Waals surface area contributed by atoms with Gasteiger partial charge in [0.1, 0.15) is 5.82 Å². The Morgan fingerprint density at radius 2 is 1.72 bits per heavy atom. The third kappa shape index (κ3) is 3.30. The van der Waals surface area contributed by atoms with Crippen molar-refractivity contribution in [3.63, 3.8) is 0 Å². The van der Waals surface area contributed by atoms with Gasteiger partial charge in [0.25, 0.3) is 0 Å². The molecule has 1 aliphatic rings. The SMILES string of the molecule is COc1cc(CN2CCCc3c2ccc2nc(N)nc(N)c32)cc(OC)c1OC. The lowest BCUT2D eigenvalue weighted by Crippen LogP contribution is -2.29. The van der Waals surface area contributed by atoms with Crippen LogP contribution < -0.4 is 30.6 Å². The number of ether oxygens (including phenoxy) is 3. The number of anilines is 3. The third-order valence-electron chi connectivity index (χ3n) is 5.29. The molecule has 0 aliphatic carbocycles. The molecular weight excluding hydrogens is 370 g/mol. The molecule has 1 aliphatic heterocycles. The van der Waals surface area contributed by atoms with Crippen molar-refractivity contribution >= 4 is 28.4 Å². The van der Waals surface area contributed by atoms with Gasteiger partial charge < -0.3 is 30.6 Å². The van der Waals surface area contributed by atoms with Gasteiger partial charge in [0.2, 0.25) is 11.7 Å². The summed E-state index contributed by atoms with van der Waals surface area (Å²) in [5, 5.41) is 0.895. The summed E-state index contributed by atoms with van der Waals surface area (Å²) in [4.78, 5) is 10.8. The first-order chi connectivity index (χ1) is 14.0. The molecule has 152 valence electrons. The molecule has 0 atom stereocenters. The molecule has 2 heterocycles. The monoisotopic (exact) mass is 395 g/mol. The van der Waals surface area contributed by atoms with Crippen LogP contribution in [-0.4, -0.2) is 37.8 Å². The Bertz CT molecular complexity index is 1040. The average molecular weight is 395 g/mol. The summed E-state index contributed by atoms with van der Waals surface area (Å²) in [5.74, 6) is 2.50. The molecule has 8 heteroatoms. The zero-order chi connectivity index (χ0) is 20.5. The van der Waals surface area contributed by atoms with Gasteiger partial charge in [0.15, 0.2) is 11.5 Å². The Balaban J connectivity index is 1.75. The lowest BCUT2D eigenvalue weighted by molar-refractivity contribution is 0.323. The first kappa shape index (κ1) is 18.9. The van der Waals surface area contributed by atoms with Crippen LogP contribution in [0.3, 0.4) is 0 Å². The van der Waals surface area contributed by atoms with Crippen LogP contribution in [0.15, 0.2) is 24.3 Å². The number of aryl methyl sites for hydroxylation is 1. The summed E-state index contributed by atoms with van der Waals surface area (Å²) in [5.41, 5.74) is 16.1. The Kier molecular flexibility index (Phi) is 4.92. The van der Waals surface area contributed by atoms with Crippen molar-refractivity contribution in [3.8, 4) is 17.2 Å². The van der Waals surface area contributed by atoms with Crippen molar-refractivity contribution in [2.45, 2.75) is 19.4 Å². The van der Waals surface area contributed by atoms with Gasteiger partial charge in [-0.3, -0.25) is 0 Å². The van der Waals surface area contributed by atoms with Gasteiger partial charge in [-0.25, -0.2) is 4.98 Å². The number of nitrogens with zero attached hydrogens (tertiary/aromatic N) is 3. The first-order valence-electron chi connectivity index (χ1n) is 9.44. The number of hydrogen-bond donors (Lipinski definition) is 2. The summed E-state index contributed by atoms with van der Waals surface area (Å²) in [6, 6.07) is 8.00. The van der Waals surface area contributed by atoms with E-state index < -0.39 is 0 Å². The molecule has 0 unspecified atom stereocenters. The third-order valence-corrected chi connectivity index (χ3v) is 5.29. The number of fused-ring (bicyclic) bond motifs is 3. The highest BCUT2D eigenvalue weighted by molar-refractivity contribution is 5.96. The molecule has 3 aromatic rings. The van der Waals surface area contributed by atoms with Gasteiger partial charge in [-0.05, 0) is 48.2 Å². The van der Waals surface area contributed by atoms with Crippen molar-refractivity contribution in [1.82, 2.24) is 9.97 Å². The van der Waals surface area contributed by atoms with Crippen molar-refractivity contribution in [2.75, 3.05) is 44.2 Å². The standard InChI is InChI=1S/C21H25N5O3/c1-27-16-9-12(10-17(28-2)19(16)29-3)11-26-8-4-5-13-15(26)7-6-14-18(13)20(22)25-21(23)24-14/h6-7,9-10H,4-5,8,11H2,1-3H3,(H4,22,23,24,25). The number of nitrogens with two attached hydrogens (primary N) is 2. The molecule has 0 spiro atoms. The number of benzene rings is 2. The average Bonchev–Trinajstić information content (AvgIpc) is 2.72. The second-order valence-corrected chi connectivity index (χ2v) is 6.98. The van der Waals surface area contributed by atoms with E-state index in [1.807, 2.05) is 18.2 Å². The molecular formula is C21H25N5O3. The molecule has 0 fully saturated rings. The molecule has 0 bridgehead atoms. The van der Waals surface area contributed by atoms with Crippen LogP contribution in [0, 0.1) is 0 Å². The molecule has 0 radical (unpaired) electrons. The van der Waals surface area contributed by atoms with E-state index in [-0.39, 0.29) is 5.95 Å². The topological polar surface area (TPSA) is 109 Å². The number of aromatic nitrogens is 2. The van der Waals surface area contributed by atoms with E-state index in [4.69, 9.17) is 25.7 Å². The maximum Gasteiger partial charge on any atom is 0.222 e. The molecule has 2 aromatic carbocycles. The molecule has 4 N–H and O–H groups in total. The van der Waals surface area contributed by atoms with E-state index in [0.29, 0.717) is 29.6 Å². The van der Waals surface area contributed by atoms with Crippen molar-refractivity contribution in [3.05, 3.63) is 35.4 Å². The number of rotatable bonds is 5. The summed E-state index contributed by atoms with van der Waals surface area (Å²) in [6.07, 6.45) is 1.94. The Morgan fingerprint density at radius 3 is 2.38 bits per heavy atom. The van der Waals surface area contributed by atoms with E-state index in [9.17, 15) is 0 Å². The molecule has 0 saturated carbocycles. The van der Waals surface area contributed by atoms with E-state index in [1.165, 1.54) is 5.56 Å². The molecule has 29 heavy (non-hydrogen) atoms. The van der Waals surface area contributed by atoms with Crippen LogP contribution in [0.25, 0.3) is 10.9 Å². The maximum atomic E-state index is 6.19. The van der Waals surface area contributed by atoms with E-state index in [0.717, 1.165) is 41.5 Å². The second kappa shape index (κ2) is 7.54. The summed E-state index contributed by atoms with van der Waals surface area (Å²) < 4.78 is 16.4. The van der Waals surface area contributed by atoms with E-state index >= 15 is 0 Å². The molecule has 1 aromatic heterocycles. The summed E-state index contributed by atoms with van der Waals surface area (Å²) in [6.45, 7) is 1.63. The van der Waals surface area contributed by atoms with Gasteiger partial charge in [-0.2, -0.15) is 4.98 Å². The molecule has 0 amide bonds. The maximum absolute atomic E-state index is 6.19. The normalized spacial score (nSPS) is 13.3. The van der Waals surface area contributed by atoms with Crippen molar-refractivity contribution in [1.29, 1.82) is 0 Å². The van der Waals surface area contributed by atoms with Crippen LogP contribution in [0.2, 0.25) is 0 Å². The molecule has 4 rings (SSSR count). The van der Waals surface area contributed by atoms with Gasteiger partial charge in [0, 0.05) is 24.2 Å². The quantitative estimate of drug-likeness (QED) is 0.679. The van der Waals surface area contributed by atoms with Crippen molar-refractivity contribution < 1.29 is 14.2 Å². The minimum Gasteiger partial charge on any atom is -0.493 e. The number of hydrogen-bond acceptors (Lipinski definition) is 8. The fraction of sp³-hybridized carbons (Fsp3) is 0.333. The molecule has 0 saturated heterocycles. The highest BCUT2D eigenvalue weighted by Crippen LogP contribution is 2.40. The largest absolute Gasteiger partial charge is 0.493 e. The number of nitrogen functional groups attached to an aromatic ring is 2. The Morgan fingerprint density at radius 1 is 1.00 bits per heavy atom. The fourth-order valence-electron chi connectivity index (χ4n) is 4.06. The van der Waals surface area contributed by atoms with Gasteiger partial charge in [-0.1, -0.05) is 0 Å². The number of methoxy groups -OCH3 is 3. The van der Waals surface area contributed by atoms with Crippen LogP contribution in [0.5, 0.6) is 17.2 Å². The summed E-state index contributed by atoms with van der Waals surface area (Å²) in [7, 11) is 4.85. The zero-order valence-electron chi connectivity index (χ0n) is 16.9. The molecule has 8 nitrogen and oxygen atoms in total. The van der Waals surface area contributed by atoms with Crippen LogP contribution in [0.4, 0.5) is 17.5 Å². The second-order valence-electron chi connectivity index (χ2n) is 6.98. The van der Waals surface area contributed by atoms with Gasteiger partial charge >= 0.3 is 0 Å². The predicted octanol–water partition coefficient (Wildman–Crippen LogP) is 2.77. The van der Waals surface area contributed by atoms with Crippen molar-refractivity contribution in [2.24, 2.45) is 0 Å². The lowest BCUT2D eigenvalue weighted by atomic mass is 9.96. The lowest BCUT2D eigenvalue weighted by Gasteiger charge is -2.32. The highest BCUT2D eigenvalue weighted by atomic mass is 16.5. The zero-order valence-corrected chi connectivity index (χ0v) is 16.9. The fourth-order valence-corrected chi connectivity index (χ4v) is 4.06. The van der Waals surface area contributed by atoms with E-state index in [1.54, 1.807) is 21.3 Å². The Labute approximate surface area is 169 Å². The minimum atomic E-state index is 0.194. The van der Waals surface area contributed by atoms with Crippen LogP contribution in [0.1, 0.15) is 17.5 Å². The van der Waals surface area contributed by atoms with Crippen LogP contribution >= 0.6 is 0 Å². The van der Waals surface area contributed by atoms with E-state index in [2.05, 4.69) is 20.9 Å². The minimum absolute atomic E-state index is 0.194. The summed E-state index contributed by atoms with van der Waals surface area (Å²) >= 11 is 0. The predicted molar refractivity (Wildman–Crippen MR) is 114 cm³/mol. The van der Waals surface area contributed by atoms with Gasteiger partial charge in [0.05, 0.1) is 26.8 Å². The van der Waals surface area contributed by atoms with Crippen LogP contribution in [-0.2, 0) is 13.0 Å². The Hall–Kier alpha value is -3.42. The van der Waals surface area contributed by atoms with Gasteiger partial charge in [-0.15, -0.1) is 0 Å².